The first-order valence-electron chi connectivity index (χ1n) is 6.61. The third-order valence-electron chi connectivity index (χ3n) is 3.21. The second kappa shape index (κ2) is 6.13. The third-order valence-corrected chi connectivity index (χ3v) is 4.04. The molecule has 0 aliphatic rings. The molecule has 3 N–H and O–H groups in total. The van der Waals surface area contributed by atoms with E-state index in [1.165, 1.54) is 0 Å². The van der Waals surface area contributed by atoms with Crippen LogP contribution in [0.4, 0.5) is 0 Å². The number of hydrazine groups is 1. The van der Waals surface area contributed by atoms with Crippen LogP contribution in [0.1, 0.15) is 22.4 Å². The minimum atomic E-state index is -0.0956. The fourth-order valence-corrected chi connectivity index (χ4v) is 2.84. The first kappa shape index (κ1) is 13.9. The van der Waals surface area contributed by atoms with Crippen molar-refractivity contribution in [3.8, 4) is 5.69 Å². The van der Waals surface area contributed by atoms with Crippen LogP contribution in [-0.4, -0.2) is 20.0 Å². The maximum atomic E-state index is 5.72. The van der Waals surface area contributed by atoms with Gasteiger partial charge in [-0.05, 0) is 19.1 Å². The summed E-state index contributed by atoms with van der Waals surface area (Å²) in [7, 11) is 0. The number of nitrogens with zero attached hydrogens (tertiary/aromatic N) is 4. The SMILES string of the molecule is Cc1nc(CC(NN)c2cnnn2-c2ccccc2)cs1. The van der Waals surface area contributed by atoms with E-state index < -0.39 is 0 Å². The van der Waals surface area contributed by atoms with Crippen molar-refractivity contribution in [2.75, 3.05) is 0 Å². The molecule has 0 aliphatic carbocycles. The Hall–Kier alpha value is -2.09. The molecule has 0 aliphatic heterocycles. The lowest BCUT2D eigenvalue weighted by atomic mass is 10.1. The normalized spacial score (nSPS) is 12.5. The van der Waals surface area contributed by atoms with Crippen molar-refractivity contribution in [2.45, 2.75) is 19.4 Å². The number of aromatic nitrogens is 4. The van der Waals surface area contributed by atoms with Gasteiger partial charge in [0.05, 0.1) is 34.3 Å². The monoisotopic (exact) mass is 300 g/mol. The van der Waals surface area contributed by atoms with Crippen molar-refractivity contribution in [2.24, 2.45) is 5.84 Å². The molecule has 0 spiro atoms. The van der Waals surface area contributed by atoms with Crippen LogP contribution in [0, 0.1) is 6.92 Å². The van der Waals surface area contributed by atoms with Crippen LogP contribution in [0.5, 0.6) is 0 Å². The highest BCUT2D eigenvalue weighted by Gasteiger charge is 2.18. The van der Waals surface area contributed by atoms with E-state index in [4.69, 9.17) is 5.84 Å². The molecule has 7 heteroatoms. The Kier molecular flexibility index (Phi) is 4.05. The first-order valence-corrected chi connectivity index (χ1v) is 7.49. The van der Waals surface area contributed by atoms with Gasteiger partial charge in [-0.3, -0.25) is 11.3 Å². The number of benzene rings is 1. The van der Waals surface area contributed by atoms with E-state index in [2.05, 4.69) is 26.1 Å². The van der Waals surface area contributed by atoms with Crippen molar-refractivity contribution >= 4 is 11.3 Å². The number of hydrogen-bond donors (Lipinski definition) is 2. The van der Waals surface area contributed by atoms with Gasteiger partial charge in [0.1, 0.15) is 0 Å². The number of nitrogens with one attached hydrogen (secondary N) is 1. The molecule has 0 saturated heterocycles. The molecule has 2 aromatic heterocycles. The second-order valence-corrected chi connectivity index (χ2v) is 5.75. The molecule has 0 bridgehead atoms. The first-order chi connectivity index (χ1) is 10.3. The molecule has 0 fully saturated rings. The third kappa shape index (κ3) is 2.99. The summed E-state index contributed by atoms with van der Waals surface area (Å²) in [6.07, 6.45) is 2.43. The van der Waals surface area contributed by atoms with Gasteiger partial charge in [-0.1, -0.05) is 23.4 Å². The molecular formula is C14H16N6S. The zero-order valence-electron chi connectivity index (χ0n) is 11.6. The molecule has 1 aromatic carbocycles. The van der Waals surface area contributed by atoms with Gasteiger partial charge in [0, 0.05) is 11.8 Å². The summed E-state index contributed by atoms with van der Waals surface area (Å²) in [6, 6.07) is 9.78. The van der Waals surface area contributed by atoms with Crippen molar-refractivity contribution < 1.29 is 0 Å². The topological polar surface area (TPSA) is 81.7 Å². The fourth-order valence-electron chi connectivity index (χ4n) is 2.21. The zero-order chi connectivity index (χ0) is 14.7. The summed E-state index contributed by atoms with van der Waals surface area (Å²) in [6.45, 7) is 1.99. The highest BCUT2D eigenvalue weighted by atomic mass is 32.1. The van der Waals surface area contributed by atoms with Crippen molar-refractivity contribution in [1.82, 2.24) is 25.4 Å². The van der Waals surface area contributed by atoms with Crippen LogP contribution in [-0.2, 0) is 6.42 Å². The quantitative estimate of drug-likeness (QED) is 0.554. The lowest BCUT2D eigenvalue weighted by Gasteiger charge is -2.15. The predicted molar refractivity (Wildman–Crippen MR) is 82.0 cm³/mol. The maximum Gasteiger partial charge on any atom is 0.0897 e. The average Bonchev–Trinajstić information content (AvgIpc) is 3.14. The van der Waals surface area contributed by atoms with E-state index in [0.29, 0.717) is 6.42 Å². The largest absolute Gasteiger partial charge is 0.271 e. The van der Waals surface area contributed by atoms with Crippen LogP contribution < -0.4 is 11.3 Å². The summed E-state index contributed by atoms with van der Waals surface area (Å²) >= 11 is 1.64. The van der Waals surface area contributed by atoms with Gasteiger partial charge in [-0.15, -0.1) is 16.4 Å². The number of thiazole rings is 1. The van der Waals surface area contributed by atoms with E-state index in [1.807, 2.05) is 37.3 Å². The summed E-state index contributed by atoms with van der Waals surface area (Å²) in [5, 5.41) is 11.3. The Morgan fingerprint density at radius 3 is 2.81 bits per heavy atom. The van der Waals surface area contributed by atoms with Crippen molar-refractivity contribution in [1.29, 1.82) is 0 Å². The molecule has 0 radical (unpaired) electrons. The molecule has 0 saturated carbocycles. The van der Waals surface area contributed by atoms with E-state index in [9.17, 15) is 0 Å². The van der Waals surface area contributed by atoms with Gasteiger partial charge < -0.3 is 0 Å². The van der Waals surface area contributed by atoms with Gasteiger partial charge in [-0.25, -0.2) is 9.67 Å². The summed E-state index contributed by atoms with van der Waals surface area (Å²) in [5.41, 5.74) is 5.72. The standard InChI is InChI=1S/C14H16N6S/c1-10-17-11(9-21-10)7-13(18-15)14-8-16-19-20(14)12-5-3-2-4-6-12/h2-6,8-9,13,18H,7,15H2,1H3. The predicted octanol–water partition coefficient (Wildman–Crippen LogP) is 1.78. The van der Waals surface area contributed by atoms with Crippen LogP contribution >= 0.6 is 11.3 Å². The number of aryl methyl sites for hydroxylation is 1. The van der Waals surface area contributed by atoms with Crippen molar-refractivity contribution in [3.05, 3.63) is 58.3 Å². The molecule has 1 atom stereocenters. The number of rotatable bonds is 5. The van der Waals surface area contributed by atoms with Crippen molar-refractivity contribution in [3.63, 3.8) is 0 Å². The lowest BCUT2D eigenvalue weighted by molar-refractivity contribution is 0.517. The Labute approximate surface area is 126 Å². The minimum Gasteiger partial charge on any atom is -0.271 e. The average molecular weight is 300 g/mol. The molecule has 3 rings (SSSR count). The van der Waals surface area contributed by atoms with Gasteiger partial charge >= 0.3 is 0 Å². The highest BCUT2D eigenvalue weighted by Crippen LogP contribution is 2.20. The maximum absolute atomic E-state index is 5.72. The molecular weight excluding hydrogens is 284 g/mol. The second-order valence-electron chi connectivity index (χ2n) is 4.69. The lowest BCUT2D eigenvalue weighted by Crippen LogP contribution is -2.31. The minimum absolute atomic E-state index is 0.0956. The van der Waals surface area contributed by atoms with Crippen LogP contribution in [0.2, 0.25) is 0 Å². The van der Waals surface area contributed by atoms with Gasteiger partial charge in [0.2, 0.25) is 0 Å². The smallest absolute Gasteiger partial charge is 0.0897 e. The van der Waals surface area contributed by atoms with Gasteiger partial charge in [-0.2, -0.15) is 0 Å². The van der Waals surface area contributed by atoms with E-state index in [-0.39, 0.29) is 6.04 Å². The van der Waals surface area contributed by atoms with E-state index in [1.54, 1.807) is 22.2 Å². The number of hydrogen-bond acceptors (Lipinski definition) is 6. The highest BCUT2D eigenvalue weighted by molar-refractivity contribution is 7.09. The van der Waals surface area contributed by atoms with Gasteiger partial charge in [0.15, 0.2) is 0 Å². The fraction of sp³-hybridized carbons (Fsp3) is 0.214. The van der Waals surface area contributed by atoms with Crippen LogP contribution in [0.3, 0.4) is 0 Å². The van der Waals surface area contributed by atoms with Crippen LogP contribution in [0.25, 0.3) is 5.69 Å². The van der Waals surface area contributed by atoms with E-state index >= 15 is 0 Å². The Bertz CT molecular complexity index is 705. The molecule has 1 unspecified atom stereocenters. The van der Waals surface area contributed by atoms with Crippen LogP contribution in [0.15, 0.2) is 41.9 Å². The number of para-hydroxylation sites is 1. The molecule has 21 heavy (non-hydrogen) atoms. The summed E-state index contributed by atoms with van der Waals surface area (Å²) in [4.78, 5) is 4.48. The molecule has 3 aromatic rings. The van der Waals surface area contributed by atoms with E-state index in [0.717, 1.165) is 22.1 Å². The molecule has 0 amide bonds. The Balaban J connectivity index is 1.90. The Morgan fingerprint density at radius 2 is 2.14 bits per heavy atom. The summed E-state index contributed by atoms with van der Waals surface area (Å²) in [5.74, 6) is 5.72. The van der Waals surface area contributed by atoms with Gasteiger partial charge in [0.25, 0.3) is 0 Å². The summed E-state index contributed by atoms with van der Waals surface area (Å²) < 4.78 is 1.80. The number of nitrogens with two attached hydrogens (primary N) is 1. The molecule has 2 heterocycles. The molecule has 6 nitrogen and oxygen atoms in total. The molecule has 108 valence electrons. The zero-order valence-corrected chi connectivity index (χ0v) is 12.4. The Morgan fingerprint density at radius 1 is 1.33 bits per heavy atom.